The van der Waals surface area contributed by atoms with Crippen molar-refractivity contribution in [2.45, 2.75) is 12.8 Å². The van der Waals surface area contributed by atoms with E-state index in [2.05, 4.69) is 26.3 Å². The van der Waals surface area contributed by atoms with Gasteiger partial charge >= 0.3 is 12.1 Å². The van der Waals surface area contributed by atoms with E-state index in [1.54, 1.807) is 24.3 Å². The van der Waals surface area contributed by atoms with Crippen LogP contribution in [0.1, 0.15) is 18.4 Å². The van der Waals surface area contributed by atoms with Crippen molar-refractivity contribution in [3.8, 4) is 11.8 Å². The molecule has 0 aliphatic carbocycles. The standard InChI is InChI=1S/C21H25ClN6O4/c1-24-8-2-11-32-21(30)25-9-3-10-31-18-6-5-16(22)12-17(18)27-20(29)28-19-7-4-15(13-23)14-26-19/h4-7,12,14,24H,2-3,8-11H2,1H3,(H,25,30)(H2,26,27,28,29). The number of aromatic nitrogens is 1. The van der Waals surface area contributed by atoms with E-state index >= 15 is 0 Å². The summed E-state index contributed by atoms with van der Waals surface area (Å²) >= 11 is 6.04. The van der Waals surface area contributed by atoms with Gasteiger partial charge in [0.15, 0.2) is 0 Å². The van der Waals surface area contributed by atoms with Crippen LogP contribution in [0.4, 0.5) is 21.1 Å². The summed E-state index contributed by atoms with van der Waals surface area (Å²) in [6, 6.07) is 9.32. The second-order valence-electron chi connectivity index (χ2n) is 6.49. The largest absolute Gasteiger partial charge is 0.491 e. The molecule has 4 N–H and O–H groups in total. The summed E-state index contributed by atoms with van der Waals surface area (Å²) in [4.78, 5) is 27.8. The Kier molecular flexibility index (Phi) is 10.6. The maximum absolute atomic E-state index is 12.3. The van der Waals surface area contributed by atoms with Crippen LogP contribution in [0.2, 0.25) is 5.02 Å². The van der Waals surface area contributed by atoms with Gasteiger partial charge in [-0.2, -0.15) is 5.26 Å². The number of hydrogen-bond acceptors (Lipinski definition) is 7. The van der Waals surface area contributed by atoms with E-state index in [9.17, 15) is 9.59 Å². The highest BCUT2D eigenvalue weighted by Crippen LogP contribution is 2.28. The molecule has 0 atom stereocenters. The van der Waals surface area contributed by atoms with Crippen LogP contribution < -0.4 is 26.0 Å². The lowest BCUT2D eigenvalue weighted by atomic mass is 10.3. The van der Waals surface area contributed by atoms with E-state index < -0.39 is 12.1 Å². The molecular formula is C21H25ClN6O4. The molecule has 1 aromatic carbocycles. The number of carbonyl (C=O) groups excluding carboxylic acids is 2. The number of rotatable bonds is 11. The quantitative estimate of drug-likeness (QED) is 0.377. The number of halogens is 1. The fourth-order valence-corrected chi connectivity index (χ4v) is 2.61. The molecule has 2 aromatic rings. The molecule has 0 saturated heterocycles. The molecule has 1 aromatic heterocycles. The van der Waals surface area contributed by atoms with Gasteiger partial charge in [-0.1, -0.05) is 11.6 Å². The lowest BCUT2D eigenvalue weighted by Gasteiger charge is -2.14. The molecule has 11 heteroatoms. The van der Waals surface area contributed by atoms with Crippen LogP contribution in [0.25, 0.3) is 0 Å². The van der Waals surface area contributed by atoms with Gasteiger partial charge in [0.2, 0.25) is 0 Å². The van der Waals surface area contributed by atoms with Gasteiger partial charge in [0.25, 0.3) is 0 Å². The van der Waals surface area contributed by atoms with Gasteiger partial charge in [-0.15, -0.1) is 0 Å². The van der Waals surface area contributed by atoms with Gasteiger partial charge < -0.3 is 25.4 Å². The number of urea groups is 1. The molecule has 0 radical (unpaired) electrons. The molecule has 0 aliphatic heterocycles. The number of amides is 3. The summed E-state index contributed by atoms with van der Waals surface area (Å²) in [5.74, 6) is 0.710. The van der Waals surface area contributed by atoms with Crippen molar-refractivity contribution in [1.82, 2.24) is 15.6 Å². The van der Waals surface area contributed by atoms with Gasteiger partial charge in [-0.3, -0.25) is 5.32 Å². The molecule has 10 nitrogen and oxygen atoms in total. The molecule has 32 heavy (non-hydrogen) atoms. The van der Waals surface area contributed by atoms with E-state index in [1.807, 2.05) is 13.1 Å². The average molecular weight is 461 g/mol. The summed E-state index contributed by atoms with van der Waals surface area (Å²) in [5, 5.41) is 20.1. The predicted octanol–water partition coefficient (Wildman–Crippen LogP) is 3.36. The minimum Gasteiger partial charge on any atom is -0.491 e. The average Bonchev–Trinajstić information content (AvgIpc) is 2.78. The lowest BCUT2D eigenvalue weighted by Crippen LogP contribution is -2.27. The summed E-state index contributed by atoms with van der Waals surface area (Å²) in [6.07, 6.45) is 2.17. The molecule has 0 spiro atoms. The number of nitriles is 1. The first-order chi connectivity index (χ1) is 15.5. The number of ether oxygens (including phenoxy) is 2. The van der Waals surface area contributed by atoms with Crippen LogP contribution in [0.3, 0.4) is 0 Å². The summed E-state index contributed by atoms with van der Waals surface area (Å²) in [6.45, 7) is 1.81. The van der Waals surface area contributed by atoms with Gasteiger partial charge in [-0.05, 0) is 56.8 Å². The first-order valence-electron chi connectivity index (χ1n) is 9.93. The van der Waals surface area contributed by atoms with Gasteiger partial charge in [-0.25, -0.2) is 14.6 Å². The Morgan fingerprint density at radius 3 is 2.66 bits per heavy atom. The van der Waals surface area contributed by atoms with E-state index in [4.69, 9.17) is 26.3 Å². The van der Waals surface area contributed by atoms with Crippen molar-refractivity contribution in [3.63, 3.8) is 0 Å². The third-order valence-electron chi connectivity index (χ3n) is 3.98. The Morgan fingerprint density at radius 1 is 1.12 bits per heavy atom. The predicted molar refractivity (Wildman–Crippen MR) is 121 cm³/mol. The smallest absolute Gasteiger partial charge is 0.407 e. The van der Waals surface area contributed by atoms with Crippen molar-refractivity contribution in [1.29, 1.82) is 5.26 Å². The zero-order valence-corrected chi connectivity index (χ0v) is 18.4. The van der Waals surface area contributed by atoms with Crippen molar-refractivity contribution in [2.24, 2.45) is 0 Å². The highest BCUT2D eigenvalue weighted by molar-refractivity contribution is 6.31. The van der Waals surface area contributed by atoms with Gasteiger partial charge in [0.05, 0.1) is 24.5 Å². The minimum atomic E-state index is -0.544. The Morgan fingerprint density at radius 2 is 1.94 bits per heavy atom. The number of hydrogen-bond donors (Lipinski definition) is 4. The zero-order valence-electron chi connectivity index (χ0n) is 17.6. The van der Waals surface area contributed by atoms with Crippen molar-refractivity contribution < 1.29 is 19.1 Å². The molecule has 3 amide bonds. The number of carbonyl (C=O) groups is 2. The lowest BCUT2D eigenvalue weighted by molar-refractivity contribution is 0.144. The fourth-order valence-electron chi connectivity index (χ4n) is 2.44. The van der Waals surface area contributed by atoms with Crippen LogP contribution in [-0.4, -0.2) is 50.5 Å². The number of alkyl carbamates (subject to hydrolysis) is 1. The molecule has 0 saturated carbocycles. The molecule has 0 fully saturated rings. The highest BCUT2D eigenvalue weighted by Gasteiger charge is 2.10. The Hall–Kier alpha value is -3.55. The Labute approximate surface area is 191 Å². The second-order valence-corrected chi connectivity index (χ2v) is 6.92. The highest BCUT2D eigenvalue weighted by atomic mass is 35.5. The molecule has 2 rings (SSSR count). The monoisotopic (exact) mass is 460 g/mol. The third-order valence-corrected chi connectivity index (χ3v) is 4.21. The number of nitrogens with one attached hydrogen (secondary N) is 4. The Bertz CT molecular complexity index is 933. The fraction of sp³-hybridized carbons (Fsp3) is 0.333. The van der Waals surface area contributed by atoms with Crippen molar-refractivity contribution in [2.75, 3.05) is 44.0 Å². The van der Waals surface area contributed by atoms with Gasteiger partial charge in [0.1, 0.15) is 17.6 Å². The number of anilines is 2. The van der Waals surface area contributed by atoms with E-state index in [1.165, 1.54) is 12.3 Å². The molecule has 0 unspecified atom stereocenters. The van der Waals surface area contributed by atoms with Crippen LogP contribution in [-0.2, 0) is 4.74 Å². The topological polar surface area (TPSA) is 137 Å². The number of benzene rings is 1. The first kappa shape index (κ1) is 24.7. The summed E-state index contributed by atoms with van der Waals surface area (Å²) in [5.41, 5.74) is 0.763. The van der Waals surface area contributed by atoms with Crippen molar-refractivity contribution >= 4 is 35.2 Å². The number of pyridine rings is 1. The maximum atomic E-state index is 12.3. The third kappa shape index (κ3) is 9.07. The van der Waals surface area contributed by atoms with E-state index in [0.717, 1.165) is 13.0 Å². The van der Waals surface area contributed by atoms with E-state index in [-0.39, 0.29) is 5.82 Å². The van der Waals surface area contributed by atoms with Crippen LogP contribution in [0.15, 0.2) is 36.5 Å². The first-order valence-corrected chi connectivity index (χ1v) is 10.3. The molecule has 0 aliphatic rings. The molecular weight excluding hydrogens is 436 g/mol. The Balaban J connectivity index is 1.78. The second kappa shape index (κ2) is 13.7. The van der Waals surface area contributed by atoms with Crippen molar-refractivity contribution in [3.05, 3.63) is 47.1 Å². The number of nitrogens with zero attached hydrogens (tertiary/aromatic N) is 2. The molecule has 170 valence electrons. The van der Waals surface area contributed by atoms with Crippen LogP contribution in [0.5, 0.6) is 5.75 Å². The summed E-state index contributed by atoms with van der Waals surface area (Å²) < 4.78 is 10.7. The minimum absolute atomic E-state index is 0.287. The zero-order chi connectivity index (χ0) is 23.2. The normalized spacial score (nSPS) is 10.0. The molecule has 1 heterocycles. The van der Waals surface area contributed by atoms with Crippen LogP contribution in [0, 0.1) is 11.3 Å². The summed E-state index contributed by atoms with van der Waals surface area (Å²) in [7, 11) is 1.83. The van der Waals surface area contributed by atoms with Gasteiger partial charge in [0, 0.05) is 17.8 Å². The SMILES string of the molecule is CNCCCOC(=O)NCCCOc1ccc(Cl)cc1NC(=O)Nc1ccc(C#N)cn1. The van der Waals surface area contributed by atoms with E-state index in [0.29, 0.717) is 48.2 Å². The van der Waals surface area contributed by atoms with Crippen LogP contribution >= 0.6 is 11.6 Å². The maximum Gasteiger partial charge on any atom is 0.407 e. The molecule has 0 bridgehead atoms.